The molecular formula is C10H13N3O3. The summed E-state index contributed by atoms with van der Waals surface area (Å²) >= 11 is 0. The second-order valence-corrected chi connectivity index (χ2v) is 2.77. The van der Waals surface area contributed by atoms with Crippen molar-refractivity contribution in [3.8, 4) is 6.07 Å². The SMILES string of the molecule is C=CCN/C=C(/C#N)C(=O)NCCC(=O)O. The molecule has 0 aromatic rings. The molecule has 3 N–H and O–H groups in total. The molecule has 0 unspecified atom stereocenters. The average Bonchev–Trinajstić information content (AvgIpc) is 2.23. The molecular weight excluding hydrogens is 210 g/mol. The van der Waals surface area contributed by atoms with E-state index in [-0.39, 0.29) is 18.5 Å². The predicted molar refractivity (Wildman–Crippen MR) is 57.2 cm³/mol. The van der Waals surface area contributed by atoms with E-state index >= 15 is 0 Å². The molecule has 16 heavy (non-hydrogen) atoms. The maximum Gasteiger partial charge on any atom is 0.305 e. The van der Waals surface area contributed by atoms with Crippen LogP contribution < -0.4 is 10.6 Å². The topological polar surface area (TPSA) is 102 Å². The number of carboxylic acids is 1. The summed E-state index contributed by atoms with van der Waals surface area (Å²) in [6.45, 7) is 3.89. The molecule has 0 radical (unpaired) electrons. The maximum atomic E-state index is 11.3. The lowest BCUT2D eigenvalue weighted by Crippen LogP contribution is -2.27. The van der Waals surface area contributed by atoms with Crippen LogP contribution in [-0.4, -0.2) is 30.1 Å². The number of hydrogen-bond acceptors (Lipinski definition) is 4. The number of carboxylic acid groups (broad SMARTS) is 1. The zero-order valence-electron chi connectivity index (χ0n) is 8.69. The first kappa shape index (κ1) is 13.7. The fourth-order valence-electron chi connectivity index (χ4n) is 0.771. The van der Waals surface area contributed by atoms with Crippen molar-refractivity contribution in [3.05, 3.63) is 24.4 Å². The van der Waals surface area contributed by atoms with Crippen LogP contribution >= 0.6 is 0 Å². The number of nitriles is 1. The fraction of sp³-hybridized carbons (Fsp3) is 0.300. The van der Waals surface area contributed by atoms with Gasteiger partial charge in [-0.15, -0.1) is 6.58 Å². The minimum Gasteiger partial charge on any atom is -0.481 e. The first-order valence-electron chi connectivity index (χ1n) is 4.56. The summed E-state index contributed by atoms with van der Waals surface area (Å²) < 4.78 is 0. The average molecular weight is 223 g/mol. The van der Waals surface area contributed by atoms with Gasteiger partial charge in [0.1, 0.15) is 11.6 Å². The van der Waals surface area contributed by atoms with E-state index in [1.54, 1.807) is 12.1 Å². The van der Waals surface area contributed by atoms with Crippen LogP contribution in [0.1, 0.15) is 6.42 Å². The van der Waals surface area contributed by atoms with Crippen LogP contribution in [-0.2, 0) is 9.59 Å². The third-order valence-corrected chi connectivity index (χ3v) is 1.50. The largest absolute Gasteiger partial charge is 0.481 e. The molecule has 0 aliphatic heterocycles. The van der Waals surface area contributed by atoms with Crippen molar-refractivity contribution < 1.29 is 14.7 Å². The number of aliphatic carboxylic acids is 1. The summed E-state index contributed by atoms with van der Waals surface area (Å²) in [5, 5.41) is 22.0. The fourth-order valence-corrected chi connectivity index (χ4v) is 0.771. The van der Waals surface area contributed by atoms with E-state index in [0.717, 1.165) is 0 Å². The van der Waals surface area contributed by atoms with Gasteiger partial charge in [0.25, 0.3) is 5.91 Å². The molecule has 0 heterocycles. The molecule has 1 amide bonds. The van der Waals surface area contributed by atoms with Crippen LogP contribution in [0.4, 0.5) is 0 Å². The zero-order chi connectivity index (χ0) is 12.4. The van der Waals surface area contributed by atoms with Gasteiger partial charge in [0.2, 0.25) is 0 Å². The van der Waals surface area contributed by atoms with Crippen LogP contribution in [0.15, 0.2) is 24.4 Å². The third kappa shape index (κ3) is 6.21. The summed E-state index contributed by atoms with van der Waals surface area (Å²) in [7, 11) is 0. The van der Waals surface area contributed by atoms with Crippen molar-refractivity contribution in [2.75, 3.05) is 13.1 Å². The summed E-state index contributed by atoms with van der Waals surface area (Å²) in [6, 6.07) is 1.70. The van der Waals surface area contributed by atoms with E-state index in [0.29, 0.717) is 6.54 Å². The Hall–Kier alpha value is -2.29. The first-order valence-corrected chi connectivity index (χ1v) is 4.56. The highest BCUT2D eigenvalue weighted by molar-refractivity contribution is 5.97. The molecule has 0 saturated heterocycles. The van der Waals surface area contributed by atoms with Crippen LogP contribution in [0.3, 0.4) is 0 Å². The lowest BCUT2D eigenvalue weighted by Gasteiger charge is -2.02. The number of amides is 1. The summed E-state index contributed by atoms with van der Waals surface area (Å²) in [6.07, 6.45) is 2.66. The monoisotopic (exact) mass is 223 g/mol. The van der Waals surface area contributed by atoms with E-state index in [9.17, 15) is 9.59 Å². The maximum absolute atomic E-state index is 11.3. The van der Waals surface area contributed by atoms with E-state index in [1.807, 2.05) is 0 Å². The molecule has 0 rings (SSSR count). The van der Waals surface area contributed by atoms with Gasteiger partial charge in [-0.1, -0.05) is 6.08 Å². The standard InChI is InChI=1S/C10H13N3O3/c1-2-4-12-7-8(6-11)10(16)13-5-3-9(14)15/h2,7,12H,1,3-5H2,(H,13,16)(H,14,15)/b8-7-. The van der Waals surface area contributed by atoms with Crippen LogP contribution in [0.2, 0.25) is 0 Å². The molecule has 0 saturated carbocycles. The predicted octanol–water partition coefficient (Wildman–Crippen LogP) is -0.240. The molecule has 6 nitrogen and oxygen atoms in total. The van der Waals surface area contributed by atoms with Crippen molar-refractivity contribution in [2.45, 2.75) is 6.42 Å². The Bertz CT molecular complexity index is 342. The van der Waals surface area contributed by atoms with Crippen molar-refractivity contribution in [3.63, 3.8) is 0 Å². The van der Waals surface area contributed by atoms with Gasteiger partial charge >= 0.3 is 5.97 Å². The number of nitrogens with one attached hydrogen (secondary N) is 2. The van der Waals surface area contributed by atoms with Crippen LogP contribution in [0.5, 0.6) is 0 Å². The lowest BCUT2D eigenvalue weighted by atomic mass is 10.3. The van der Waals surface area contributed by atoms with Crippen molar-refractivity contribution in [1.82, 2.24) is 10.6 Å². The first-order chi connectivity index (χ1) is 7.61. The minimum atomic E-state index is -1.01. The highest BCUT2D eigenvalue weighted by atomic mass is 16.4. The van der Waals surface area contributed by atoms with E-state index in [2.05, 4.69) is 17.2 Å². The van der Waals surface area contributed by atoms with E-state index in [1.165, 1.54) is 6.20 Å². The quantitative estimate of drug-likeness (QED) is 0.239. The van der Waals surface area contributed by atoms with Gasteiger partial charge < -0.3 is 15.7 Å². The summed E-state index contributed by atoms with van der Waals surface area (Å²) in [4.78, 5) is 21.5. The Morgan fingerprint density at radius 3 is 2.69 bits per heavy atom. The van der Waals surface area contributed by atoms with Crippen molar-refractivity contribution in [2.24, 2.45) is 0 Å². The highest BCUT2D eigenvalue weighted by Gasteiger charge is 2.08. The highest BCUT2D eigenvalue weighted by Crippen LogP contribution is 1.90. The van der Waals surface area contributed by atoms with Gasteiger partial charge in [0.05, 0.1) is 6.42 Å². The smallest absolute Gasteiger partial charge is 0.305 e. The van der Waals surface area contributed by atoms with Gasteiger partial charge in [0.15, 0.2) is 0 Å². The summed E-state index contributed by atoms with van der Waals surface area (Å²) in [5.41, 5.74) is -0.104. The van der Waals surface area contributed by atoms with Gasteiger partial charge in [-0.25, -0.2) is 0 Å². The molecule has 0 spiro atoms. The second kappa shape index (κ2) is 8.05. The number of carbonyl (C=O) groups excluding carboxylic acids is 1. The Morgan fingerprint density at radius 2 is 2.19 bits per heavy atom. The van der Waals surface area contributed by atoms with E-state index < -0.39 is 11.9 Å². The van der Waals surface area contributed by atoms with Gasteiger partial charge in [-0.2, -0.15) is 5.26 Å². The molecule has 0 fully saturated rings. The normalized spacial score (nSPS) is 10.1. The Morgan fingerprint density at radius 1 is 1.50 bits per heavy atom. The lowest BCUT2D eigenvalue weighted by molar-refractivity contribution is -0.136. The third-order valence-electron chi connectivity index (χ3n) is 1.50. The minimum absolute atomic E-state index is 0.00531. The molecule has 86 valence electrons. The molecule has 0 atom stereocenters. The van der Waals surface area contributed by atoms with Crippen molar-refractivity contribution >= 4 is 11.9 Å². The number of rotatable bonds is 7. The number of carbonyl (C=O) groups is 2. The Kier molecular flexibility index (Phi) is 6.90. The molecule has 0 aromatic carbocycles. The number of nitrogens with zero attached hydrogens (tertiary/aromatic N) is 1. The van der Waals surface area contributed by atoms with Gasteiger partial charge in [0, 0.05) is 19.3 Å². The Labute approximate surface area is 93.3 Å². The zero-order valence-corrected chi connectivity index (χ0v) is 8.69. The molecule has 6 heteroatoms. The van der Waals surface area contributed by atoms with Crippen molar-refractivity contribution in [1.29, 1.82) is 5.26 Å². The van der Waals surface area contributed by atoms with Gasteiger partial charge in [-0.05, 0) is 0 Å². The molecule has 0 aliphatic carbocycles. The molecule has 0 aliphatic rings. The van der Waals surface area contributed by atoms with Gasteiger partial charge in [-0.3, -0.25) is 9.59 Å². The Balaban J connectivity index is 4.11. The molecule has 0 aromatic heterocycles. The second-order valence-electron chi connectivity index (χ2n) is 2.77. The van der Waals surface area contributed by atoms with E-state index in [4.69, 9.17) is 10.4 Å². The number of hydrogen-bond donors (Lipinski definition) is 3. The van der Waals surface area contributed by atoms with Crippen LogP contribution in [0.25, 0.3) is 0 Å². The summed E-state index contributed by atoms with van der Waals surface area (Å²) in [5.74, 6) is -1.60. The van der Waals surface area contributed by atoms with Crippen LogP contribution in [0, 0.1) is 11.3 Å². The molecule has 0 bridgehead atoms.